The van der Waals surface area contributed by atoms with Gasteiger partial charge < -0.3 is 5.73 Å². The third kappa shape index (κ3) is 2.93. The molecule has 0 heterocycles. The van der Waals surface area contributed by atoms with Crippen molar-refractivity contribution in [2.45, 2.75) is 0 Å². The Hall–Kier alpha value is -3.08. The molecule has 0 aromatic rings. The zero-order valence-electron chi connectivity index (χ0n) is 8.53. The van der Waals surface area contributed by atoms with Crippen molar-refractivity contribution in [3.8, 4) is 30.3 Å². The number of hydrogen-bond acceptors (Lipinski definition) is 6. The van der Waals surface area contributed by atoms with E-state index in [2.05, 4.69) is 0 Å². The first-order valence-electron chi connectivity index (χ1n) is 4.34. The molecule has 82 valence electrons. The van der Waals surface area contributed by atoms with Crippen molar-refractivity contribution in [3.05, 3.63) is 0 Å². The fourth-order valence-electron chi connectivity index (χ4n) is 1.23. The number of carbonyl (C=O) groups is 1. The van der Waals surface area contributed by atoms with Crippen LogP contribution in [-0.4, -0.2) is 5.91 Å². The Kier molecular flexibility index (Phi) is 5.25. The van der Waals surface area contributed by atoms with Gasteiger partial charge in [-0.15, -0.1) is 0 Å². The molecule has 0 aliphatic carbocycles. The molecular weight excluding hydrogens is 220 g/mol. The summed E-state index contributed by atoms with van der Waals surface area (Å²) in [7, 11) is 0. The molecule has 0 aromatic heterocycles. The smallest absolute Gasteiger partial charge is 0.236 e. The maximum absolute atomic E-state index is 10.9. The molecule has 0 radical (unpaired) electrons. The topological polar surface area (TPSA) is 162 Å². The van der Waals surface area contributed by atoms with E-state index in [0.29, 0.717) is 0 Å². The SMILES string of the molecule is N#CC(C#N)C(C#N)C(C#N)C(C#N)C(N)=O. The summed E-state index contributed by atoms with van der Waals surface area (Å²) in [5.41, 5.74) is 4.91. The molecule has 2 N–H and O–H groups in total. The maximum Gasteiger partial charge on any atom is 0.236 e. The van der Waals surface area contributed by atoms with Gasteiger partial charge in [-0.1, -0.05) is 0 Å². The van der Waals surface area contributed by atoms with Crippen LogP contribution >= 0.6 is 0 Å². The molecule has 0 spiro atoms. The second kappa shape index (κ2) is 6.41. The molecule has 0 saturated carbocycles. The molecular formula is C10H6N6O. The van der Waals surface area contributed by atoms with Gasteiger partial charge in [-0.2, -0.15) is 26.3 Å². The lowest BCUT2D eigenvalue weighted by Crippen LogP contribution is -2.34. The Balaban J connectivity index is 5.42. The Morgan fingerprint density at radius 3 is 1.53 bits per heavy atom. The van der Waals surface area contributed by atoms with Crippen LogP contribution in [-0.2, 0) is 4.79 Å². The van der Waals surface area contributed by atoms with Gasteiger partial charge in [-0.05, 0) is 0 Å². The summed E-state index contributed by atoms with van der Waals surface area (Å²) >= 11 is 0. The number of nitrogens with zero attached hydrogens (tertiary/aromatic N) is 5. The van der Waals surface area contributed by atoms with Crippen molar-refractivity contribution in [2.75, 3.05) is 0 Å². The van der Waals surface area contributed by atoms with Crippen LogP contribution in [0.5, 0.6) is 0 Å². The number of nitriles is 5. The molecule has 0 saturated heterocycles. The van der Waals surface area contributed by atoms with Crippen LogP contribution in [0.25, 0.3) is 0 Å². The second-order valence-electron chi connectivity index (χ2n) is 3.05. The van der Waals surface area contributed by atoms with E-state index in [1.54, 1.807) is 12.1 Å². The van der Waals surface area contributed by atoms with Crippen molar-refractivity contribution in [3.63, 3.8) is 0 Å². The third-order valence-corrected chi connectivity index (χ3v) is 2.13. The molecule has 0 bridgehead atoms. The van der Waals surface area contributed by atoms with Gasteiger partial charge in [0.15, 0.2) is 0 Å². The van der Waals surface area contributed by atoms with Gasteiger partial charge in [0.05, 0.1) is 42.2 Å². The minimum absolute atomic E-state index is 1.06. The largest absolute Gasteiger partial charge is 0.368 e. The molecule has 7 nitrogen and oxygen atoms in total. The Morgan fingerprint density at radius 1 is 0.824 bits per heavy atom. The van der Waals surface area contributed by atoms with Gasteiger partial charge in [0.1, 0.15) is 11.8 Å². The van der Waals surface area contributed by atoms with E-state index in [1.807, 2.05) is 0 Å². The van der Waals surface area contributed by atoms with Crippen LogP contribution in [0.3, 0.4) is 0 Å². The molecule has 0 aliphatic rings. The summed E-state index contributed by atoms with van der Waals surface area (Å²) in [5.74, 6) is -6.72. The van der Waals surface area contributed by atoms with Crippen LogP contribution in [0.15, 0.2) is 0 Å². The summed E-state index contributed by atoms with van der Waals surface area (Å²) < 4.78 is 0. The van der Waals surface area contributed by atoms with Gasteiger partial charge in [-0.25, -0.2) is 0 Å². The fraction of sp³-hybridized carbons (Fsp3) is 0.400. The van der Waals surface area contributed by atoms with E-state index in [9.17, 15) is 4.79 Å². The number of rotatable bonds is 4. The molecule has 17 heavy (non-hydrogen) atoms. The minimum atomic E-state index is -1.52. The van der Waals surface area contributed by atoms with E-state index in [0.717, 1.165) is 0 Å². The highest BCUT2D eigenvalue weighted by Gasteiger charge is 2.38. The monoisotopic (exact) mass is 226 g/mol. The van der Waals surface area contributed by atoms with Gasteiger partial charge in [0.25, 0.3) is 0 Å². The van der Waals surface area contributed by atoms with Crippen LogP contribution < -0.4 is 5.73 Å². The normalized spacial score (nSPS) is 13.9. The van der Waals surface area contributed by atoms with Crippen molar-refractivity contribution in [1.82, 2.24) is 0 Å². The molecule has 1 amide bonds. The molecule has 7 heteroatoms. The van der Waals surface area contributed by atoms with Crippen LogP contribution in [0.1, 0.15) is 0 Å². The number of primary amides is 1. The molecule has 3 unspecified atom stereocenters. The number of nitrogens with two attached hydrogens (primary N) is 1. The van der Waals surface area contributed by atoms with E-state index < -0.39 is 29.6 Å². The van der Waals surface area contributed by atoms with Gasteiger partial charge in [0.2, 0.25) is 5.91 Å². The molecule has 3 atom stereocenters. The number of hydrogen-bond donors (Lipinski definition) is 1. The predicted molar refractivity (Wildman–Crippen MR) is 51.2 cm³/mol. The average Bonchev–Trinajstić information content (AvgIpc) is 2.33. The van der Waals surface area contributed by atoms with Crippen molar-refractivity contribution in [1.29, 1.82) is 26.3 Å². The Morgan fingerprint density at radius 2 is 1.29 bits per heavy atom. The highest BCUT2D eigenvalue weighted by atomic mass is 16.1. The van der Waals surface area contributed by atoms with Gasteiger partial charge in [-0.3, -0.25) is 4.79 Å². The lowest BCUT2D eigenvalue weighted by molar-refractivity contribution is -0.121. The average molecular weight is 226 g/mol. The second-order valence-corrected chi connectivity index (χ2v) is 3.05. The van der Waals surface area contributed by atoms with Crippen LogP contribution in [0.2, 0.25) is 0 Å². The Labute approximate surface area is 97.5 Å². The fourth-order valence-corrected chi connectivity index (χ4v) is 1.23. The van der Waals surface area contributed by atoms with Crippen LogP contribution in [0, 0.1) is 80.3 Å². The third-order valence-electron chi connectivity index (χ3n) is 2.13. The number of carbonyl (C=O) groups excluding carboxylic acids is 1. The maximum atomic E-state index is 10.9. The lowest BCUT2D eigenvalue weighted by atomic mass is 9.77. The summed E-state index contributed by atoms with van der Waals surface area (Å²) in [6, 6.07) is 7.77. The predicted octanol–water partition coefficient (Wildman–Crippen LogP) is -0.446. The molecule has 0 aromatic carbocycles. The Bertz CT molecular complexity index is 491. The van der Waals surface area contributed by atoms with Crippen LogP contribution in [0.4, 0.5) is 0 Å². The zero-order valence-corrected chi connectivity index (χ0v) is 8.53. The molecule has 0 fully saturated rings. The van der Waals surface area contributed by atoms with Crippen molar-refractivity contribution >= 4 is 5.91 Å². The van der Waals surface area contributed by atoms with E-state index in [1.165, 1.54) is 18.2 Å². The van der Waals surface area contributed by atoms with E-state index in [4.69, 9.17) is 32.0 Å². The van der Waals surface area contributed by atoms with Crippen molar-refractivity contribution < 1.29 is 4.79 Å². The molecule has 0 aliphatic heterocycles. The summed E-state index contributed by atoms with van der Waals surface area (Å²) in [6.07, 6.45) is 0. The van der Waals surface area contributed by atoms with Crippen molar-refractivity contribution in [2.24, 2.45) is 29.4 Å². The highest BCUT2D eigenvalue weighted by molar-refractivity contribution is 5.80. The highest BCUT2D eigenvalue weighted by Crippen LogP contribution is 2.26. The standard InChI is InChI=1S/C10H6N6O/c11-1-6(2-12)7(3-13)8(4-14)9(5-15)10(16)17/h6-9H,(H2,16,17). The summed E-state index contributed by atoms with van der Waals surface area (Å²) in [4.78, 5) is 10.9. The van der Waals surface area contributed by atoms with E-state index >= 15 is 0 Å². The molecule has 0 rings (SSSR count). The number of amides is 1. The minimum Gasteiger partial charge on any atom is -0.368 e. The summed E-state index contributed by atoms with van der Waals surface area (Å²) in [6.45, 7) is 0. The summed E-state index contributed by atoms with van der Waals surface area (Å²) in [5, 5.41) is 43.6. The van der Waals surface area contributed by atoms with Gasteiger partial charge in [0, 0.05) is 0 Å². The first-order chi connectivity index (χ1) is 8.06. The first kappa shape index (κ1) is 13.9. The van der Waals surface area contributed by atoms with E-state index in [-0.39, 0.29) is 0 Å². The lowest BCUT2D eigenvalue weighted by Gasteiger charge is -2.17. The zero-order chi connectivity index (χ0) is 13.4. The quantitative estimate of drug-likeness (QED) is 0.682. The first-order valence-corrected chi connectivity index (χ1v) is 4.34. The van der Waals surface area contributed by atoms with Gasteiger partial charge >= 0.3 is 0 Å².